The molecule has 126 valence electrons. The van der Waals surface area contributed by atoms with Crippen molar-refractivity contribution in [3.8, 4) is 6.07 Å². The number of aliphatic hydroxyl groups excluding tert-OH is 1. The van der Waals surface area contributed by atoms with Crippen molar-refractivity contribution >= 4 is 22.2 Å². The van der Waals surface area contributed by atoms with Crippen LogP contribution in [0, 0.1) is 11.3 Å². The molecule has 2 rings (SSSR count). The molecule has 0 spiro atoms. The molecule has 0 aromatic carbocycles. The van der Waals surface area contributed by atoms with E-state index in [2.05, 4.69) is 11.4 Å². The van der Waals surface area contributed by atoms with Crippen LogP contribution in [-0.4, -0.2) is 42.2 Å². The average molecular weight is 335 g/mol. The number of hydrogen-bond donors (Lipinski definition) is 2. The van der Waals surface area contributed by atoms with E-state index in [0.29, 0.717) is 23.5 Å². The minimum Gasteiger partial charge on any atom is -0.393 e. The number of nitrogens with one attached hydrogen (secondary N) is 1. The van der Waals surface area contributed by atoms with E-state index in [1.807, 2.05) is 11.9 Å². The Kier molecular flexibility index (Phi) is 6.58. The highest BCUT2D eigenvalue weighted by molar-refractivity contribution is 7.16. The van der Waals surface area contributed by atoms with Gasteiger partial charge in [-0.25, -0.2) is 0 Å². The van der Waals surface area contributed by atoms with Gasteiger partial charge in [-0.1, -0.05) is 6.42 Å². The predicted octanol–water partition coefficient (Wildman–Crippen LogP) is 2.53. The van der Waals surface area contributed by atoms with Gasteiger partial charge in [-0.05, 0) is 51.6 Å². The van der Waals surface area contributed by atoms with Crippen molar-refractivity contribution in [3.05, 3.63) is 16.0 Å². The number of carbonyl (C=O) groups is 1. The highest BCUT2D eigenvalue weighted by Gasteiger charge is 2.21. The molecule has 0 fully saturated rings. The monoisotopic (exact) mass is 335 g/mol. The third-order valence-corrected chi connectivity index (χ3v) is 5.34. The molecular formula is C17H25N3O2S. The molecule has 1 aromatic rings. The van der Waals surface area contributed by atoms with Crippen molar-refractivity contribution in [2.24, 2.45) is 0 Å². The van der Waals surface area contributed by atoms with Gasteiger partial charge in [0.1, 0.15) is 11.1 Å². The van der Waals surface area contributed by atoms with E-state index in [0.717, 1.165) is 31.2 Å². The standard InChI is InChI=1S/C17H25N3O2S/c1-12(21)8-9-20(2)11-16(22)19-17-14(10-18)13-6-4-3-5-7-15(13)23-17/h12,21H,3-9,11H2,1-2H3,(H,19,22). The first-order chi connectivity index (χ1) is 11.0. The summed E-state index contributed by atoms with van der Waals surface area (Å²) in [6.07, 6.45) is 5.72. The van der Waals surface area contributed by atoms with Crippen molar-refractivity contribution in [1.29, 1.82) is 5.26 Å². The van der Waals surface area contributed by atoms with E-state index in [1.165, 1.54) is 11.3 Å². The molecule has 1 heterocycles. The number of rotatable bonds is 6. The van der Waals surface area contributed by atoms with Crippen LogP contribution in [0.4, 0.5) is 5.00 Å². The number of hydrogen-bond acceptors (Lipinski definition) is 5. The van der Waals surface area contributed by atoms with Gasteiger partial charge < -0.3 is 10.4 Å². The van der Waals surface area contributed by atoms with Gasteiger partial charge in [-0.2, -0.15) is 5.26 Å². The lowest BCUT2D eigenvalue weighted by Gasteiger charge is -2.16. The van der Waals surface area contributed by atoms with Gasteiger partial charge in [0.05, 0.1) is 18.2 Å². The zero-order valence-corrected chi connectivity index (χ0v) is 14.7. The summed E-state index contributed by atoms with van der Waals surface area (Å²) < 4.78 is 0. The Morgan fingerprint density at radius 1 is 1.43 bits per heavy atom. The van der Waals surface area contributed by atoms with Crippen LogP contribution in [0.2, 0.25) is 0 Å². The van der Waals surface area contributed by atoms with Crippen molar-refractivity contribution < 1.29 is 9.90 Å². The van der Waals surface area contributed by atoms with E-state index in [4.69, 9.17) is 0 Å². The molecule has 0 radical (unpaired) electrons. The summed E-state index contributed by atoms with van der Waals surface area (Å²) in [6.45, 7) is 2.67. The summed E-state index contributed by atoms with van der Waals surface area (Å²) in [5.74, 6) is -0.106. The molecule has 1 amide bonds. The number of nitriles is 1. The molecule has 1 aliphatic carbocycles. The third-order valence-electron chi connectivity index (χ3n) is 4.13. The van der Waals surface area contributed by atoms with E-state index in [1.54, 1.807) is 18.3 Å². The topological polar surface area (TPSA) is 76.4 Å². The van der Waals surface area contributed by atoms with Gasteiger partial charge >= 0.3 is 0 Å². The Bertz CT molecular complexity index is 589. The molecule has 5 nitrogen and oxygen atoms in total. The number of amides is 1. The maximum atomic E-state index is 12.2. The SMILES string of the molecule is CC(O)CCN(C)CC(=O)Nc1sc2c(c1C#N)CCCCC2. The predicted molar refractivity (Wildman–Crippen MR) is 92.7 cm³/mol. The van der Waals surface area contributed by atoms with Gasteiger partial charge in [0.2, 0.25) is 5.91 Å². The quantitative estimate of drug-likeness (QED) is 0.783. The minimum atomic E-state index is -0.362. The number of nitrogens with zero attached hydrogens (tertiary/aromatic N) is 2. The molecule has 23 heavy (non-hydrogen) atoms. The van der Waals surface area contributed by atoms with Gasteiger partial charge in [0.25, 0.3) is 0 Å². The first-order valence-corrected chi connectivity index (χ1v) is 9.04. The second kappa shape index (κ2) is 8.44. The Morgan fingerprint density at radius 3 is 2.87 bits per heavy atom. The molecule has 6 heteroatoms. The number of likely N-dealkylation sites (N-methyl/N-ethyl adjacent to an activating group) is 1. The largest absolute Gasteiger partial charge is 0.393 e. The lowest BCUT2D eigenvalue weighted by atomic mass is 10.1. The van der Waals surface area contributed by atoms with Gasteiger partial charge in [0.15, 0.2) is 0 Å². The van der Waals surface area contributed by atoms with Crippen LogP contribution >= 0.6 is 11.3 Å². The zero-order valence-electron chi connectivity index (χ0n) is 13.9. The first-order valence-electron chi connectivity index (χ1n) is 8.22. The van der Waals surface area contributed by atoms with E-state index in [9.17, 15) is 15.2 Å². The Balaban J connectivity index is 2.00. The fourth-order valence-corrected chi connectivity index (χ4v) is 4.10. The molecule has 0 saturated heterocycles. The number of aliphatic hydroxyl groups is 1. The van der Waals surface area contributed by atoms with Crippen LogP contribution in [0.5, 0.6) is 0 Å². The van der Waals surface area contributed by atoms with Crippen LogP contribution in [0.3, 0.4) is 0 Å². The fraction of sp³-hybridized carbons (Fsp3) is 0.647. The number of carbonyl (C=O) groups excluding carboxylic acids is 1. The molecular weight excluding hydrogens is 310 g/mol. The van der Waals surface area contributed by atoms with Crippen LogP contribution in [0.1, 0.15) is 48.6 Å². The summed E-state index contributed by atoms with van der Waals surface area (Å²) in [5.41, 5.74) is 1.81. The molecule has 0 aliphatic heterocycles. The second-order valence-corrected chi connectivity index (χ2v) is 7.41. The van der Waals surface area contributed by atoms with Crippen molar-refractivity contribution in [2.75, 3.05) is 25.5 Å². The van der Waals surface area contributed by atoms with Gasteiger partial charge in [-0.3, -0.25) is 9.69 Å². The van der Waals surface area contributed by atoms with Crippen LogP contribution < -0.4 is 5.32 Å². The number of anilines is 1. The molecule has 1 atom stereocenters. The molecule has 0 saturated carbocycles. The fourth-order valence-electron chi connectivity index (χ4n) is 2.85. The lowest BCUT2D eigenvalue weighted by molar-refractivity contribution is -0.117. The van der Waals surface area contributed by atoms with E-state index in [-0.39, 0.29) is 18.6 Å². The smallest absolute Gasteiger partial charge is 0.239 e. The molecule has 1 aliphatic rings. The van der Waals surface area contributed by atoms with Gasteiger partial charge in [0, 0.05) is 11.4 Å². The second-order valence-electron chi connectivity index (χ2n) is 6.30. The zero-order chi connectivity index (χ0) is 16.8. The summed E-state index contributed by atoms with van der Waals surface area (Å²) in [7, 11) is 1.86. The first kappa shape index (κ1) is 17.9. The Hall–Kier alpha value is -1.42. The maximum Gasteiger partial charge on any atom is 0.239 e. The van der Waals surface area contributed by atoms with Crippen LogP contribution in [0.15, 0.2) is 0 Å². The van der Waals surface area contributed by atoms with Crippen molar-refractivity contribution in [1.82, 2.24) is 4.90 Å². The Morgan fingerprint density at radius 2 is 2.17 bits per heavy atom. The number of aryl methyl sites for hydroxylation is 1. The van der Waals surface area contributed by atoms with Crippen molar-refractivity contribution in [2.45, 2.75) is 51.6 Å². The van der Waals surface area contributed by atoms with Gasteiger partial charge in [-0.15, -0.1) is 11.3 Å². The molecule has 1 unspecified atom stereocenters. The van der Waals surface area contributed by atoms with Crippen LogP contribution in [0.25, 0.3) is 0 Å². The number of fused-ring (bicyclic) bond motifs is 1. The lowest BCUT2D eigenvalue weighted by Crippen LogP contribution is -2.32. The summed E-state index contributed by atoms with van der Waals surface area (Å²) in [4.78, 5) is 15.3. The summed E-state index contributed by atoms with van der Waals surface area (Å²) in [5, 5.41) is 22.4. The van der Waals surface area contributed by atoms with Crippen molar-refractivity contribution in [3.63, 3.8) is 0 Å². The maximum absolute atomic E-state index is 12.2. The highest BCUT2D eigenvalue weighted by Crippen LogP contribution is 2.36. The molecule has 1 aromatic heterocycles. The normalized spacial score (nSPS) is 15.6. The third kappa shape index (κ3) is 5.03. The average Bonchev–Trinajstić information content (AvgIpc) is 2.66. The van der Waals surface area contributed by atoms with E-state index >= 15 is 0 Å². The minimum absolute atomic E-state index is 0.106. The summed E-state index contributed by atoms with van der Waals surface area (Å²) >= 11 is 1.56. The number of thiophene rings is 1. The molecule has 0 bridgehead atoms. The Labute approximate surface area is 141 Å². The molecule has 2 N–H and O–H groups in total. The van der Waals surface area contributed by atoms with E-state index < -0.39 is 0 Å². The highest BCUT2D eigenvalue weighted by atomic mass is 32.1. The van der Waals surface area contributed by atoms with Crippen LogP contribution in [-0.2, 0) is 17.6 Å². The summed E-state index contributed by atoms with van der Waals surface area (Å²) in [6, 6.07) is 2.28.